The molecular weight excluding hydrogens is 98.1 g/mol. The van der Waals surface area contributed by atoms with E-state index in [-0.39, 0.29) is 5.54 Å². The summed E-state index contributed by atoms with van der Waals surface area (Å²) in [6.07, 6.45) is 2.56. The Balaban J connectivity index is 2.54. The normalized spacial score (nSPS) is 45.5. The van der Waals surface area contributed by atoms with Gasteiger partial charge in [-0.2, -0.15) is 0 Å². The monoisotopic (exact) mass is 111 g/mol. The number of hydrogen-bond acceptors (Lipinski definition) is 1. The molecule has 1 rings (SSSR count). The first-order valence-electron chi connectivity index (χ1n) is 3.17. The van der Waals surface area contributed by atoms with Crippen LogP contribution in [-0.4, -0.2) is 12.3 Å². The third kappa shape index (κ3) is 0.575. The minimum absolute atomic E-state index is 0.236. The van der Waals surface area contributed by atoms with Gasteiger partial charge >= 0.3 is 0 Å². The van der Waals surface area contributed by atoms with Gasteiger partial charge in [-0.3, -0.25) is 4.99 Å². The quantitative estimate of drug-likeness (QED) is 0.458. The van der Waals surface area contributed by atoms with E-state index < -0.39 is 0 Å². The lowest BCUT2D eigenvalue weighted by molar-refractivity contribution is 0.171. The summed E-state index contributed by atoms with van der Waals surface area (Å²) in [6.45, 7) is 7.96. The first-order chi connectivity index (χ1) is 3.69. The van der Waals surface area contributed by atoms with E-state index in [2.05, 4.69) is 25.6 Å². The minimum Gasteiger partial charge on any atom is -0.294 e. The molecule has 46 valence electrons. The highest BCUT2D eigenvalue weighted by Gasteiger charge is 2.37. The Morgan fingerprint density at radius 3 is 2.38 bits per heavy atom. The zero-order valence-electron chi connectivity index (χ0n) is 5.65. The van der Waals surface area contributed by atoms with Crippen LogP contribution in [0, 0.1) is 5.92 Å². The second kappa shape index (κ2) is 1.57. The maximum Gasteiger partial charge on any atom is 0.0598 e. The highest BCUT2D eigenvalue weighted by molar-refractivity contribution is 5.27. The van der Waals surface area contributed by atoms with Crippen LogP contribution in [0.4, 0.5) is 0 Å². The molecule has 1 aliphatic rings. The van der Waals surface area contributed by atoms with E-state index in [1.165, 1.54) is 12.8 Å². The van der Waals surface area contributed by atoms with Gasteiger partial charge in [0.2, 0.25) is 0 Å². The fourth-order valence-electron chi connectivity index (χ4n) is 1.09. The third-order valence-electron chi connectivity index (χ3n) is 2.51. The molecule has 0 heterocycles. The van der Waals surface area contributed by atoms with Crippen LogP contribution < -0.4 is 0 Å². The smallest absolute Gasteiger partial charge is 0.0598 e. The Bertz CT molecular complexity index is 109. The lowest BCUT2D eigenvalue weighted by atomic mass is 9.69. The molecule has 8 heavy (non-hydrogen) atoms. The summed E-state index contributed by atoms with van der Waals surface area (Å²) < 4.78 is 0. The molecule has 0 radical (unpaired) electrons. The minimum atomic E-state index is 0.236. The average molecular weight is 111 g/mol. The Kier molecular flexibility index (Phi) is 1.14. The van der Waals surface area contributed by atoms with Crippen LogP contribution in [0.1, 0.15) is 26.7 Å². The van der Waals surface area contributed by atoms with Crippen molar-refractivity contribution in [3.63, 3.8) is 0 Å². The van der Waals surface area contributed by atoms with Crippen molar-refractivity contribution >= 4 is 6.72 Å². The zero-order chi connectivity index (χ0) is 6.20. The Morgan fingerprint density at radius 2 is 2.38 bits per heavy atom. The number of nitrogens with zero attached hydrogens (tertiary/aromatic N) is 1. The Hall–Kier alpha value is -0.330. The molecule has 1 nitrogen and oxygen atoms in total. The SMILES string of the molecule is C=NC1(C)CCC1C. The summed E-state index contributed by atoms with van der Waals surface area (Å²) >= 11 is 0. The molecule has 1 aliphatic carbocycles. The molecular formula is C7H13N. The Morgan fingerprint density at radius 1 is 1.75 bits per heavy atom. The largest absolute Gasteiger partial charge is 0.294 e. The van der Waals surface area contributed by atoms with E-state index in [1.807, 2.05) is 0 Å². The summed E-state index contributed by atoms with van der Waals surface area (Å²) in [7, 11) is 0. The number of hydrogen-bond donors (Lipinski definition) is 0. The second-order valence-corrected chi connectivity index (χ2v) is 2.96. The molecule has 2 atom stereocenters. The van der Waals surface area contributed by atoms with Gasteiger partial charge < -0.3 is 0 Å². The van der Waals surface area contributed by atoms with Crippen molar-refractivity contribution in [3.8, 4) is 0 Å². The Labute approximate surface area is 50.8 Å². The molecule has 0 N–H and O–H groups in total. The van der Waals surface area contributed by atoms with Gasteiger partial charge in [-0.25, -0.2) is 0 Å². The predicted octanol–water partition coefficient (Wildman–Crippen LogP) is 1.88. The summed E-state index contributed by atoms with van der Waals surface area (Å²) in [6, 6.07) is 0. The van der Waals surface area contributed by atoms with Gasteiger partial charge in [0.15, 0.2) is 0 Å². The van der Waals surface area contributed by atoms with Gasteiger partial charge in [-0.15, -0.1) is 0 Å². The first kappa shape index (κ1) is 5.80. The van der Waals surface area contributed by atoms with Gasteiger partial charge in [0.05, 0.1) is 5.54 Å². The van der Waals surface area contributed by atoms with Crippen molar-refractivity contribution < 1.29 is 0 Å². The number of aliphatic imine (C=N–C) groups is 1. The molecule has 0 aliphatic heterocycles. The van der Waals surface area contributed by atoms with Crippen LogP contribution in [0.3, 0.4) is 0 Å². The average Bonchev–Trinajstić information content (AvgIpc) is 1.83. The van der Waals surface area contributed by atoms with E-state index >= 15 is 0 Å². The fourth-order valence-corrected chi connectivity index (χ4v) is 1.09. The standard InChI is InChI=1S/C7H13N/c1-6-4-5-7(6,2)8-3/h6H,3-5H2,1-2H3. The lowest BCUT2D eigenvalue weighted by Gasteiger charge is -2.41. The van der Waals surface area contributed by atoms with Crippen LogP contribution in [-0.2, 0) is 0 Å². The van der Waals surface area contributed by atoms with E-state index in [1.54, 1.807) is 0 Å². The summed E-state index contributed by atoms with van der Waals surface area (Å²) in [4.78, 5) is 4.06. The van der Waals surface area contributed by atoms with E-state index in [0.29, 0.717) is 0 Å². The van der Waals surface area contributed by atoms with Crippen molar-refractivity contribution in [1.82, 2.24) is 0 Å². The molecule has 0 amide bonds. The maximum absolute atomic E-state index is 4.06. The van der Waals surface area contributed by atoms with Crippen molar-refractivity contribution in [2.45, 2.75) is 32.2 Å². The van der Waals surface area contributed by atoms with Crippen molar-refractivity contribution in [1.29, 1.82) is 0 Å². The summed E-state index contributed by atoms with van der Waals surface area (Å²) in [5.74, 6) is 0.764. The van der Waals surface area contributed by atoms with Gasteiger partial charge in [-0.05, 0) is 32.4 Å². The van der Waals surface area contributed by atoms with Crippen LogP contribution in [0.5, 0.6) is 0 Å². The third-order valence-corrected chi connectivity index (χ3v) is 2.51. The maximum atomic E-state index is 4.06. The second-order valence-electron chi connectivity index (χ2n) is 2.96. The van der Waals surface area contributed by atoms with Crippen molar-refractivity contribution in [3.05, 3.63) is 0 Å². The molecule has 0 spiro atoms. The highest BCUT2D eigenvalue weighted by atomic mass is 14.9. The molecule has 0 bridgehead atoms. The molecule has 1 heteroatoms. The lowest BCUT2D eigenvalue weighted by Crippen LogP contribution is -2.40. The van der Waals surface area contributed by atoms with E-state index in [4.69, 9.17) is 0 Å². The topological polar surface area (TPSA) is 12.4 Å². The fraction of sp³-hybridized carbons (Fsp3) is 0.857. The molecule has 2 unspecified atom stereocenters. The van der Waals surface area contributed by atoms with Crippen LogP contribution in [0.2, 0.25) is 0 Å². The van der Waals surface area contributed by atoms with Crippen molar-refractivity contribution in [2.24, 2.45) is 10.9 Å². The summed E-state index contributed by atoms with van der Waals surface area (Å²) in [5, 5.41) is 0. The summed E-state index contributed by atoms with van der Waals surface area (Å²) in [5.41, 5.74) is 0.236. The van der Waals surface area contributed by atoms with Gasteiger partial charge in [0, 0.05) is 0 Å². The highest BCUT2D eigenvalue weighted by Crippen LogP contribution is 2.40. The molecule has 1 saturated carbocycles. The van der Waals surface area contributed by atoms with Crippen LogP contribution in [0.15, 0.2) is 4.99 Å². The number of rotatable bonds is 1. The molecule has 0 saturated heterocycles. The van der Waals surface area contributed by atoms with Gasteiger partial charge in [0.25, 0.3) is 0 Å². The first-order valence-corrected chi connectivity index (χ1v) is 3.17. The van der Waals surface area contributed by atoms with E-state index in [0.717, 1.165) is 5.92 Å². The predicted molar refractivity (Wildman–Crippen MR) is 36.4 cm³/mol. The van der Waals surface area contributed by atoms with Crippen LogP contribution >= 0.6 is 0 Å². The van der Waals surface area contributed by atoms with Crippen LogP contribution in [0.25, 0.3) is 0 Å². The molecule has 0 aromatic rings. The molecule has 0 aromatic heterocycles. The van der Waals surface area contributed by atoms with Gasteiger partial charge in [0.1, 0.15) is 0 Å². The molecule has 1 fully saturated rings. The zero-order valence-corrected chi connectivity index (χ0v) is 5.65. The van der Waals surface area contributed by atoms with Gasteiger partial charge in [-0.1, -0.05) is 6.92 Å². The van der Waals surface area contributed by atoms with E-state index in [9.17, 15) is 0 Å². The molecule has 0 aromatic carbocycles. The van der Waals surface area contributed by atoms with Crippen molar-refractivity contribution in [2.75, 3.05) is 0 Å².